The van der Waals surface area contributed by atoms with Crippen LogP contribution in [-0.2, 0) is 17.2 Å². The molecule has 1 aliphatic heterocycles. The number of ether oxygens (including phenoxy) is 1. The summed E-state index contributed by atoms with van der Waals surface area (Å²) in [5, 5.41) is 4.33. The molecule has 6 nitrogen and oxygen atoms in total. The van der Waals surface area contributed by atoms with E-state index in [1.165, 1.54) is 6.33 Å². The van der Waals surface area contributed by atoms with Crippen LogP contribution < -0.4 is 16.3 Å². The van der Waals surface area contributed by atoms with Crippen LogP contribution in [0.1, 0.15) is 48.6 Å². The third kappa shape index (κ3) is 3.25. The van der Waals surface area contributed by atoms with Crippen LogP contribution in [0.2, 0.25) is 0 Å². The number of nitrogens with zero attached hydrogens (tertiary/aromatic N) is 3. The van der Waals surface area contributed by atoms with E-state index < -0.39 is 6.07 Å². The van der Waals surface area contributed by atoms with Crippen LogP contribution in [0.4, 0.5) is 10.2 Å². The van der Waals surface area contributed by atoms with Gasteiger partial charge in [0.15, 0.2) is 7.85 Å². The van der Waals surface area contributed by atoms with E-state index in [0.29, 0.717) is 29.6 Å². The molecule has 3 unspecified atom stereocenters. The van der Waals surface area contributed by atoms with E-state index in [1.54, 1.807) is 19.5 Å². The molecule has 1 aromatic carbocycles. The first-order valence-electron chi connectivity index (χ1n) is 11.3. The molecule has 164 valence electrons. The van der Waals surface area contributed by atoms with Gasteiger partial charge in [0.05, 0.1) is 18.1 Å². The maximum absolute atomic E-state index is 14.0. The van der Waals surface area contributed by atoms with E-state index in [0.717, 1.165) is 41.4 Å². The van der Waals surface area contributed by atoms with Crippen molar-refractivity contribution in [2.45, 2.75) is 37.3 Å². The third-order valence-corrected chi connectivity index (χ3v) is 7.45. The number of rotatable bonds is 5. The Hall–Kier alpha value is -2.67. The van der Waals surface area contributed by atoms with E-state index in [9.17, 15) is 9.18 Å². The highest BCUT2D eigenvalue weighted by atomic mass is 19.1. The third-order valence-electron chi connectivity index (χ3n) is 7.45. The summed E-state index contributed by atoms with van der Waals surface area (Å²) in [6.45, 7) is 3.45. The normalized spacial score (nSPS) is 24.0. The lowest BCUT2D eigenvalue weighted by Gasteiger charge is -2.24. The molecule has 3 aromatic rings. The zero-order valence-corrected chi connectivity index (χ0v) is 19.0. The standard InChI is InChI=1S/C23H27B2FN4O2/c1-12(14-4-3-5-15(18(14)24)19(25)26)29-20-16-8-17(23-6-7-32-10-13(23)9-23)22(31)30(2)21(16)28-11-27-20/h3-5,8,11-13,19H,6-7,9-10,24-25H2,1-2H3,(H,27,28,29)/t12-,13?,19?,23?/m1/s1. The van der Waals surface area contributed by atoms with Crippen molar-refractivity contribution in [1.29, 1.82) is 0 Å². The van der Waals surface area contributed by atoms with Crippen LogP contribution in [-0.4, -0.2) is 43.4 Å². The van der Waals surface area contributed by atoms with Gasteiger partial charge in [-0.3, -0.25) is 13.8 Å². The Morgan fingerprint density at radius 1 is 1.34 bits per heavy atom. The van der Waals surface area contributed by atoms with Crippen LogP contribution in [0.5, 0.6) is 0 Å². The average Bonchev–Trinajstić information content (AvgIpc) is 3.52. The quantitative estimate of drug-likeness (QED) is 0.611. The highest BCUT2D eigenvalue weighted by Crippen LogP contribution is 2.58. The molecule has 1 saturated carbocycles. The summed E-state index contributed by atoms with van der Waals surface area (Å²) in [5.74, 6) is 1.09. The Morgan fingerprint density at radius 3 is 2.88 bits per heavy atom. The number of pyridine rings is 1. The highest BCUT2D eigenvalue weighted by molar-refractivity contribution is 6.35. The second-order valence-electron chi connectivity index (χ2n) is 9.31. The van der Waals surface area contributed by atoms with Crippen LogP contribution in [0, 0.1) is 5.92 Å². The molecule has 4 atom stereocenters. The maximum Gasteiger partial charge on any atom is 0.255 e. The number of hydrogen-bond donors (Lipinski definition) is 1. The molecule has 5 rings (SSSR count). The molecule has 0 radical (unpaired) electrons. The summed E-state index contributed by atoms with van der Waals surface area (Å²) in [5.41, 5.74) is 4.04. The first-order chi connectivity index (χ1) is 15.3. The van der Waals surface area contributed by atoms with Crippen LogP contribution >= 0.6 is 0 Å². The maximum atomic E-state index is 14.0. The van der Waals surface area contributed by atoms with Gasteiger partial charge in [-0.2, -0.15) is 0 Å². The molecule has 0 spiro atoms. The molecule has 3 heterocycles. The number of hydrogen-bond acceptors (Lipinski definition) is 5. The predicted octanol–water partition coefficient (Wildman–Crippen LogP) is 1.04. The molecular weight excluding hydrogens is 405 g/mol. The van der Waals surface area contributed by atoms with Gasteiger partial charge in [0.25, 0.3) is 5.56 Å². The monoisotopic (exact) mass is 432 g/mol. The Bertz CT molecular complexity index is 1260. The topological polar surface area (TPSA) is 69.0 Å². The van der Waals surface area contributed by atoms with E-state index >= 15 is 0 Å². The number of benzene rings is 1. The summed E-state index contributed by atoms with van der Waals surface area (Å²) in [6.07, 6.45) is 2.33. The lowest BCUT2D eigenvalue weighted by atomic mass is 9.78. The van der Waals surface area contributed by atoms with Gasteiger partial charge in [-0.15, -0.1) is 0 Å². The van der Waals surface area contributed by atoms with Gasteiger partial charge in [0.1, 0.15) is 25.6 Å². The zero-order chi connectivity index (χ0) is 22.6. The highest BCUT2D eigenvalue weighted by Gasteiger charge is 2.58. The summed E-state index contributed by atoms with van der Waals surface area (Å²) >= 11 is 0. The molecule has 9 heteroatoms. The smallest absolute Gasteiger partial charge is 0.255 e. The van der Waals surface area contributed by atoms with E-state index in [4.69, 9.17) is 4.74 Å². The van der Waals surface area contributed by atoms with Crippen molar-refractivity contribution < 1.29 is 9.13 Å². The Morgan fingerprint density at radius 2 is 2.12 bits per heavy atom. The molecule has 1 saturated heterocycles. The number of aromatic nitrogens is 3. The predicted molar refractivity (Wildman–Crippen MR) is 129 cm³/mol. The fourth-order valence-electron chi connectivity index (χ4n) is 5.45. The Labute approximate surface area is 188 Å². The van der Waals surface area contributed by atoms with Crippen LogP contribution in [0.15, 0.2) is 35.4 Å². The molecule has 1 N–H and O–H groups in total. The summed E-state index contributed by atoms with van der Waals surface area (Å²) in [4.78, 5) is 22.1. The van der Waals surface area contributed by atoms with Crippen LogP contribution in [0.25, 0.3) is 11.0 Å². The fraction of sp³-hybridized carbons (Fsp3) is 0.435. The van der Waals surface area contributed by atoms with E-state index in [-0.39, 0.29) is 17.0 Å². The minimum Gasteiger partial charge on any atom is -0.381 e. The summed E-state index contributed by atoms with van der Waals surface area (Å²) in [6, 6.07) is 7.63. The second-order valence-corrected chi connectivity index (χ2v) is 9.31. The van der Waals surface area contributed by atoms with Crippen molar-refractivity contribution in [2.24, 2.45) is 13.0 Å². The number of halogens is 1. The molecular formula is C23H27B2FN4O2. The molecule has 2 fully saturated rings. The van der Waals surface area contributed by atoms with Crippen molar-refractivity contribution in [1.82, 2.24) is 14.5 Å². The summed E-state index contributed by atoms with van der Waals surface area (Å²) < 4.78 is 21.3. The number of alkyl halides is 1. The minimum atomic E-state index is -1.02. The van der Waals surface area contributed by atoms with Crippen molar-refractivity contribution >= 4 is 38.0 Å². The van der Waals surface area contributed by atoms with Crippen LogP contribution in [0.3, 0.4) is 0 Å². The molecule has 1 aliphatic carbocycles. The number of anilines is 1. The van der Waals surface area contributed by atoms with Gasteiger partial charge < -0.3 is 10.1 Å². The van der Waals surface area contributed by atoms with E-state index in [1.807, 2.05) is 39.0 Å². The zero-order valence-electron chi connectivity index (χ0n) is 19.0. The van der Waals surface area contributed by atoms with Crippen molar-refractivity contribution in [3.63, 3.8) is 0 Å². The number of aryl methyl sites for hydroxylation is 1. The minimum absolute atomic E-state index is 0.0140. The largest absolute Gasteiger partial charge is 0.381 e. The molecule has 0 bridgehead atoms. The van der Waals surface area contributed by atoms with Gasteiger partial charge in [-0.05, 0) is 42.9 Å². The molecule has 2 aromatic heterocycles. The number of fused-ring (bicyclic) bond motifs is 2. The lowest BCUT2D eigenvalue weighted by molar-refractivity contribution is 0.0799. The summed E-state index contributed by atoms with van der Waals surface area (Å²) in [7, 11) is 5.29. The number of nitrogens with one attached hydrogen (secondary N) is 1. The van der Waals surface area contributed by atoms with Gasteiger partial charge in [-0.1, -0.05) is 23.7 Å². The van der Waals surface area contributed by atoms with Gasteiger partial charge >= 0.3 is 0 Å². The SMILES string of the molecule is Bc1c(C(B)F)cccc1[C@@H](C)Nc1ncnc2c1cc(C13CCOCC1C3)c(=O)n2C. The molecule has 2 aliphatic rings. The Balaban J connectivity index is 1.57. The van der Waals surface area contributed by atoms with Gasteiger partial charge in [-0.25, -0.2) is 9.97 Å². The van der Waals surface area contributed by atoms with Crippen molar-refractivity contribution in [3.05, 3.63) is 57.6 Å². The lowest BCUT2D eigenvalue weighted by Crippen LogP contribution is -2.32. The van der Waals surface area contributed by atoms with Crippen molar-refractivity contribution in [3.8, 4) is 0 Å². The van der Waals surface area contributed by atoms with Gasteiger partial charge in [0.2, 0.25) is 0 Å². The van der Waals surface area contributed by atoms with Gasteiger partial charge in [0, 0.05) is 30.7 Å². The Kier molecular flexibility index (Phi) is 5.12. The van der Waals surface area contributed by atoms with E-state index in [2.05, 4.69) is 15.3 Å². The van der Waals surface area contributed by atoms with Crippen molar-refractivity contribution in [2.75, 3.05) is 18.5 Å². The fourth-order valence-corrected chi connectivity index (χ4v) is 5.45. The first kappa shape index (κ1) is 21.2. The first-order valence-corrected chi connectivity index (χ1v) is 11.3. The molecule has 32 heavy (non-hydrogen) atoms. The second kappa shape index (κ2) is 7.73. The average molecular weight is 432 g/mol. The molecule has 0 amide bonds.